The average Bonchev–Trinajstić information content (AvgIpc) is 2.55. The fraction of sp³-hybridized carbons (Fsp3) is 0.111. The second-order valence-corrected chi connectivity index (χ2v) is 5.35. The fourth-order valence-corrected chi connectivity index (χ4v) is 2.40. The first-order valence-corrected chi connectivity index (χ1v) is 7.45. The van der Waals surface area contributed by atoms with Gasteiger partial charge in [0.25, 0.3) is 5.91 Å². The van der Waals surface area contributed by atoms with Crippen molar-refractivity contribution in [1.29, 1.82) is 0 Å². The normalized spacial score (nSPS) is 10.4. The first-order chi connectivity index (χ1) is 11.5. The third-order valence-electron chi connectivity index (χ3n) is 3.39. The van der Waals surface area contributed by atoms with Crippen LogP contribution in [0.25, 0.3) is 10.9 Å². The summed E-state index contributed by atoms with van der Waals surface area (Å²) in [6.07, 6.45) is 0. The van der Waals surface area contributed by atoms with Gasteiger partial charge in [0.05, 0.1) is 5.52 Å². The van der Waals surface area contributed by atoms with E-state index in [9.17, 15) is 9.59 Å². The third-order valence-corrected chi connectivity index (χ3v) is 3.39. The minimum Gasteiger partial charge on any atom is -0.326 e. The Morgan fingerprint density at radius 2 is 1.50 bits per heavy atom. The standard InChI is InChI=1S/C18H16N4O2/c1-11-19-16-6-4-3-5-15(16)17(20-11)18(24)22-14-9-7-13(8-10-14)21-12(2)23/h3-10H,1-2H3,(H,21,23)(H,22,24). The van der Waals surface area contributed by atoms with Gasteiger partial charge in [0, 0.05) is 23.7 Å². The number of anilines is 2. The van der Waals surface area contributed by atoms with E-state index in [4.69, 9.17) is 0 Å². The number of amides is 2. The number of carbonyl (C=O) groups is 2. The second-order valence-electron chi connectivity index (χ2n) is 5.35. The van der Waals surface area contributed by atoms with Gasteiger partial charge in [-0.1, -0.05) is 18.2 Å². The number of carbonyl (C=O) groups excluding carboxylic acids is 2. The van der Waals surface area contributed by atoms with Gasteiger partial charge in [-0.05, 0) is 37.3 Å². The molecule has 0 saturated heterocycles. The van der Waals surface area contributed by atoms with Gasteiger partial charge >= 0.3 is 0 Å². The molecule has 0 radical (unpaired) electrons. The molecule has 0 atom stereocenters. The fourth-order valence-electron chi connectivity index (χ4n) is 2.40. The van der Waals surface area contributed by atoms with Crippen molar-refractivity contribution in [1.82, 2.24) is 9.97 Å². The number of rotatable bonds is 3. The first-order valence-electron chi connectivity index (χ1n) is 7.45. The van der Waals surface area contributed by atoms with Gasteiger partial charge in [-0.2, -0.15) is 0 Å². The molecule has 3 rings (SSSR count). The van der Waals surface area contributed by atoms with E-state index in [0.717, 1.165) is 5.52 Å². The monoisotopic (exact) mass is 320 g/mol. The molecule has 1 heterocycles. The molecule has 0 saturated carbocycles. The minimum atomic E-state index is -0.302. The van der Waals surface area contributed by atoms with Crippen LogP contribution in [-0.4, -0.2) is 21.8 Å². The summed E-state index contributed by atoms with van der Waals surface area (Å²) < 4.78 is 0. The molecule has 6 nitrogen and oxygen atoms in total. The molecule has 1 aromatic heterocycles. The molecule has 2 aromatic carbocycles. The summed E-state index contributed by atoms with van der Waals surface area (Å²) in [7, 11) is 0. The lowest BCUT2D eigenvalue weighted by Gasteiger charge is -2.09. The summed E-state index contributed by atoms with van der Waals surface area (Å²) in [6.45, 7) is 3.20. The maximum atomic E-state index is 12.6. The summed E-state index contributed by atoms with van der Waals surface area (Å²) in [5.74, 6) is 0.0959. The Labute approximate surface area is 138 Å². The Balaban J connectivity index is 1.86. The Morgan fingerprint density at radius 3 is 2.17 bits per heavy atom. The van der Waals surface area contributed by atoms with Crippen molar-refractivity contribution in [2.45, 2.75) is 13.8 Å². The van der Waals surface area contributed by atoms with E-state index in [2.05, 4.69) is 20.6 Å². The number of para-hydroxylation sites is 1. The van der Waals surface area contributed by atoms with Crippen LogP contribution in [0.2, 0.25) is 0 Å². The van der Waals surface area contributed by atoms with Gasteiger partial charge in [-0.25, -0.2) is 9.97 Å². The molecule has 6 heteroatoms. The summed E-state index contributed by atoms with van der Waals surface area (Å²) in [5.41, 5.74) is 2.36. The van der Waals surface area contributed by atoms with Gasteiger partial charge in [0.1, 0.15) is 11.5 Å². The van der Waals surface area contributed by atoms with E-state index in [1.165, 1.54) is 6.92 Å². The van der Waals surface area contributed by atoms with Crippen LogP contribution >= 0.6 is 0 Å². The molecule has 3 aromatic rings. The molecule has 0 aliphatic carbocycles. The number of aromatic nitrogens is 2. The highest BCUT2D eigenvalue weighted by atomic mass is 16.2. The van der Waals surface area contributed by atoms with Crippen LogP contribution in [0.1, 0.15) is 23.2 Å². The Hall–Kier alpha value is -3.28. The third kappa shape index (κ3) is 3.38. The minimum absolute atomic E-state index is 0.144. The molecule has 120 valence electrons. The highest BCUT2D eigenvalue weighted by Gasteiger charge is 2.13. The molecule has 0 aliphatic rings. The van der Waals surface area contributed by atoms with Crippen LogP contribution < -0.4 is 10.6 Å². The van der Waals surface area contributed by atoms with E-state index in [-0.39, 0.29) is 11.8 Å². The van der Waals surface area contributed by atoms with Crippen molar-refractivity contribution in [3.8, 4) is 0 Å². The smallest absolute Gasteiger partial charge is 0.275 e. The Morgan fingerprint density at radius 1 is 0.875 bits per heavy atom. The average molecular weight is 320 g/mol. The van der Waals surface area contributed by atoms with Crippen LogP contribution in [-0.2, 0) is 4.79 Å². The van der Waals surface area contributed by atoms with E-state index in [0.29, 0.717) is 28.3 Å². The van der Waals surface area contributed by atoms with Crippen LogP contribution in [0, 0.1) is 6.92 Å². The zero-order valence-electron chi connectivity index (χ0n) is 13.3. The Kier molecular flexibility index (Phi) is 4.20. The number of nitrogens with zero attached hydrogens (tertiary/aromatic N) is 2. The quantitative estimate of drug-likeness (QED) is 0.776. The van der Waals surface area contributed by atoms with Crippen LogP contribution in [0.5, 0.6) is 0 Å². The molecular formula is C18H16N4O2. The van der Waals surface area contributed by atoms with Gasteiger partial charge < -0.3 is 10.6 Å². The van der Waals surface area contributed by atoms with Crippen molar-refractivity contribution in [2.75, 3.05) is 10.6 Å². The first kappa shape index (κ1) is 15.6. The predicted molar refractivity (Wildman–Crippen MR) is 93.0 cm³/mol. The molecule has 0 aliphatic heterocycles. The van der Waals surface area contributed by atoms with Crippen LogP contribution in [0.3, 0.4) is 0 Å². The van der Waals surface area contributed by atoms with Gasteiger partial charge in [-0.3, -0.25) is 9.59 Å². The summed E-state index contributed by atoms with van der Waals surface area (Å²) >= 11 is 0. The highest BCUT2D eigenvalue weighted by Crippen LogP contribution is 2.18. The number of hydrogen-bond acceptors (Lipinski definition) is 4. The van der Waals surface area contributed by atoms with Crippen LogP contribution in [0.4, 0.5) is 11.4 Å². The number of nitrogens with one attached hydrogen (secondary N) is 2. The molecule has 0 bridgehead atoms. The molecular weight excluding hydrogens is 304 g/mol. The number of aryl methyl sites for hydroxylation is 1. The van der Waals surface area contributed by atoms with Gasteiger partial charge in [0.15, 0.2) is 0 Å². The molecule has 24 heavy (non-hydrogen) atoms. The number of fused-ring (bicyclic) bond motifs is 1. The van der Waals surface area contributed by atoms with Gasteiger partial charge in [0.2, 0.25) is 5.91 Å². The lowest BCUT2D eigenvalue weighted by molar-refractivity contribution is -0.114. The SMILES string of the molecule is CC(=O)Nc1ccc(NC(=O)c2nc(C)nc3ccccc23)cc1. The Bertz CT molecular complexity index is 920. The summed E-state index contributed by atoms with van der Waals surface area (Å²) in [4.78, 5) is 32.2. The lowest BCUT2D eigenvalue weighted by Crippen LogP contribution is -2.15. The van der Waals surface area contributed by atoms with E-state index in [1.54, 1.807) is 31.2 Å². The molecule has 2 amide bonds. The maximum Gasteiger partial charge on any atom is 0.275 e. The molecule has 0 unspecified atom stereocenters. The molecule has 0 fully saturated rings. The zero-order chi connectivity index (χ0) is 17.1. The maximum absolute atomic E-state index is 12.6. The summed E-state index contributed by atoms with van der Waals surface area (Å²) in [6, 6.07) is 14.3. The molecule has 2 N–H and O–H groups in total. The number of benzene rings is 2. The second kappa shape index (κ2) is 6.45. The van der Waals surface area contributed by atoms with Crippen molar-refractivity contribution < 1.29 is 9.59 Å². The predicted octanol–water partition coefficient (Wildman–Crippen LogP) is 3.15. The summed E-state index contributed by atoms with van der Waals surface area (Å²) in [5, 5.41) is 6.20. The number of hydrogen-bond donors (Lipinski definition) is 2. The highest BCUT2D eigenvalue weighted by molar-refractivity contribution is 6.10. The lowest BCUT2D eigenvalue weighted by atomic mass is 10.1. The van der Waals surface area contributed by atoms with Crippen molar-refractivity contribution >= 4 is 34.1 Å². The topological polar surface area (TPSA) is 84.0 Å². The zero-order valence-corrected chi connectivity index (χ0v) is 13.3. The van der Waals surface area contributed by atoms with Crippen molar-refractivity contribution in [3.05, 3.63) is 60.0 Å². The molecule has 0 spiro atoms. The van der Waals surface area contributed by atoms with Crippen molar-refractivity contribution in [2.24, 2.45) is 0 Å². The van der Waals surface area contributed by atoms with Gasteiger partial charge in [-0.15, -0.1) is 0 Å². The van der Waals surface area contributed by atoms with E-state index >= 15 is 0 Å². The van der Waals surface area contributed by atoms with E-state index in [1.807, 2.05) is 24.3 Å². The van der Waals surface area contributed by atoms with E-state index < -0.39 is 0 Å². The largest absolute Gasteiger partial charge is 0.326 e. The van der Waals surface area contributed by atoms with Crippen LogP contribution in [0.15, 0.2) is 48.5 Å². The van der Waals surface area contributed by atoms with Crippen molar-refractivity contribution in [3.63, 3.8) is 0 Å².